The van der Waals surface area contributed by atoms with Crippen molar-refractivity contribution in [3.8, 4) is 0 Å². The summed E-state index contributed by atoms with van der Waals surface area (Å²) in [5.41, 5.74) is 4.08. The molecule has 2 rings (SSSR count). The van der Waals surface area contributed by atoms with Crippen LogP contribution in [-0.4, -0.2) is 33.5 Å². The average molecular weight is 310 g/mol. The molecule has 6 heteroatoms. The third-order valence-corrected chi connectivity index (χ3v) is 3.69. The first-order valence-electron chi connectivity index (χ1n) is 4.34. The van der Waals surface area contributed by atoms with Crippen LogP contribution in [0.2, 0.25) is 0 Å². The van der Waals surface area contributed by atoms with Crippen LogP contribution in [0.5, 0.6) is 0 Å². The summed E-state index contributed by atoms with van der Waals surface area (Å²) >= 11 is 2.15. The zero-order valence-electron chi connectivity index (χ0n) is 7.67. The Labute approximate surface area is 94.9 Å². The van der Waals surface area contributed by atoms with Gasteiger partial charge in [0.05, 0.1) is 0 Å². The number of alkyl halides is 1. The Hall–Kier alpha value is -0.370. The predicted molar refractivity (Wildman–Crippen MR) is 56.9 cm³/mol. The number of nitrogens with one attached hydrogen (secondary N) is 1. The summed E-state index contributed by atoms with van der Waals surface area (Å²) in [5.74, 6) is -0.672. The highest BCUT2D eigenvalue weighted by atomic mass is 127. The van der Waals surface area contributed by atoms with Crippen molar-refractivity contribution < 1.29 is 14.3 Å². The highest BCUT2D eigenvalue weighted by molar-refractivity contribution is 14.1. The number of hydrogen-bond donors (Lipinski definition) is 2. The maximum absolute atomic E-state index is 11.6. The van der Waals surface area contributed by atoms with Crippen molar-refractivity contribution in [2.24, 2.45) is 5.73 Å². The van der Waals surface area contributed by atoms with Gasteiger partial charge in [0, 0.05) is 4.43 Å². The number of rotatable bonds is 2. The third kappa shape index (κ3) is 0.928. The SMILES string of the molecule is C[C@@]12OC(=O)[C@@H]1NC(=O)[C@]2(N)CCI. The summed E-state index contributed by atoms with van der Waals surface area (Å²) in [5, 5.41) is 2.58. The molecule has 3 atom stereocenters. The van der Waals surface area contributed by atoms with Gasteiger partial charge in [-0.15, -0.1) is 0 Å². The summed E-state index contributed by atoms with van der Waals surface area (Å²) in [6, 6.07) is -0.553. The molecule has 78 valence electrons. The number of halogens is 1. The number of ether oxygens (including phenoxy) is 1. The summed E-state index contributed by atoms with van der Waals surface area (Å²) in [7, 11) is 0. The van der Waals surface area contributed by atoms with Gasteiger partial charge in [-0.25, -0.2) is 4.79 Å². The summed E-state index contributed by atoms with van der Waals surface area (Å²) in [6.45, 7) is 1.71. The topological polar surface area (TPSA) is 81.4 Å². The fourth-order valence-corrected chi connectivity index (χ4v) is 2.89. The molecule has 0 aliphatic carbocycles. The van der Waals surface area contributed by atoms with E-state index in [1.165, 1.54) is 0 Å². The van der Waals surface area contributed by atoms with Crippen LogP contribution in [0.1, 0.15) is 13.3 Å². The van der Waals surface area contributed by atoms with Crippen molar-refractivity contribution in [2.75, 3.05) is 4.43 Å². The van der Waals surface area contributed by atoms with Crippen molar-refractivity contribution >= 4 is 34.5 Å². The summed E-state index contributed by atoms with van der Waals surface area (Å²) < 4.78 is 5.79. The van der Waals surface area contributed by atoms with Gasteiger partial charge in [0.15, 0.2) is 11.6 Å². The van der Waals surface area contributed by atoms with E-state index in [2.05, 4.69) is 27.9 Å². The number of amides is 1. The lowest BCUT2D eigenvalue weighted by Gasteiger charge is -2.46. The first-order chi connectivity index (χ1) is 6.45. The second-order valence-electron chi connectivity index (χ2n) is 3.84. The molecule has 2 heterocycles. The van der Waals surface area contributed by atoms with Crippen LogP contribution in [0, 0.1) is 0 Å². The van der Waals surface area contributed by atoms with E-state index < -0.39 is 17.2 Å². The van der Waals surface area contributed by atoms with Crippen LogP contribution in [0.25, 0.3) is 0 Å². The fourth-order valence-electron chi connectivity index (χ4n) is 2.03. The van der Waals surface area contributed by atoms with Crippen molar-refractivity contribution in [1.82, 2.24) is 5.32 Å². The molecule has 1 amide bonds. The molecule has 0 aromatic carbocycles. The van der Waals surface area contributed by atoms with E-state index in [9.17, 15) is 9.59 Å². The summed E-state index contributed by atoms with van der Waals surface area (Å²) in [4.78, 5) is 22.7. The molecule has 2 saturated heterocycles. The molecule has 0 aromatic rings. The maximum Gasteiger partial charge on any atom is 0.333 e. The van der Waals surface area contributed by atoms with Crippen LogP contribution in [0.15, 0.2) is 0 Å². The largest absolute Gasteiger partial charge is 0.452 e. The minimum absolute atomic E-state index is 0.285. The van der Waals surface area contributed by atoms with E-state index in [0.717, 1.165) is 4.43 Å². The van der Waals surface area contributed by atoms with Crippen molar-refractivity contribution in [3.63, 3.8) is 0 Å². The Morgan fingerprint density at radius 3 is 2.71 bits per heavy atom. The number of carbonyl (C=O) groups is 2. The highest BCUT2D eigenvalue weighted by Crippen LogP contribution is 2.43. The van der Waals surface area contributed by atoms with E-state index in [0.29, 0.717) is 6.42 Å². The van der Waals surface area contributed by atoms with Gasteiger partial charge in [-0.05, 0) is 13.3 Å². The van der Waals surface area contributed by atoms with Gasteiger partial charge < -0.3 is 15.8 Å². The molecule has 14 heavy (non-hydrogen) atoms. The average Bonchev–Trinajstić information content (AvgIpc) is 2.26. The molecule has 5 nitrogen and oxygen atoms in total. The minimum atomic E-state index is -1.06. The third-order valence-electron chi connectivity index (χ3n) is 3.15. The molecule has 2 aliphatic rings. The van der Waals surface area contributed by atoms with Gasteiger partial charge in [-0.1, -0.05) is 22.6 Å². The van der Waals surface area contributed by atoms with Crippen molar-refractivity contribution in [2.45, 2.75) is 30.5 Å². The molecule has 0 aromatic heterocycles. The van der Waals surface area contributed by atoms with Gasteiger partial charge in [0.25, 0.3) is 0 Å². The first-order valence-corrected chi connectivity index (χ1v) is 5.87. The van der Waals surface area contributed by atoms with Gasteiger partial charge in [-0.2, -0.15) is 0 Å². The second kappa shape index (κ2) is 2.82. The Morgan fingerprint density at radius 2 is 2.29 bits per heavy atom. The maximum atomic E-state index is 11.6. The fraction of sp³-hybridized carbons (Fsp3) is 0.750. The van der Waals surface area contributed by atoms with Gasteiger partial charge in [0.1, 0.15) is 5.54 Å². The predicted octanol–water partition coefficient (Wildman–Crippen LogP) is -0.677. The smallest absolute Gasteiger partial charge is 0.333 e. The van der Waals surface area contributed by atoms with Crippen LogP contribution in [-0.2, 0) is 14.3 Å². The molecular weight excluding hydrogens is 299 g/mol. The quantitative estimate of drug-likeness (QED) is 0.402. The van der Waals surface area contributed by atoms with Crippen molar-refractivity contribution in [1.29, 1.82) is 0 Å². The molecule has 2 fully saturated rings. The Kier molecular flexibility index (Phi) is 2.04. The standard InChI is InChI=1S/C8H11IN2O3/c1-7-4(5(12)14-7)11-6(13)8(7,10)2-3-9/h4H,2-3,10H2,1H3,(H,11,13)/t4-,7+,8+/m0/s1. The summed E-state index contributed by atoms with van der Waals surface area (Å²) in [6.07, 6.45) is 0.514. The van der Waals surface area contributed by atoms with Gasteiger partial charge in [-0.3, -0.25) is 4.79 Å². The normalized spacial score (nSPS) is 45.2. The number of esters is 1. The van der Waals surface area contributed by atoms with E-state index in [1.54, 1.807) is 6.92 Å². The van der Waals surface area contributed by atoms with Gasteiger partial charge >= 0.3 is 5.97 Å². The number of hydrogen-bond acceptors (Lipinski definition) is 4. The number of fused-ring (bicyclic) bond motifs is 1. The Balaban J connectivity index is 2.34. The minimum Gasteiger partial charge on any atom is -0.452 e. The van der Waals surface area contributed by atoms with Crippen molar-refractivity contribution in [3.05, 3.63) is 0 Å². The van der Waals surface area contributed by atoms with Crippen LogP contribution in [0.4, 0.5) is 0 Å². The van der Waals surface area contributed by atoms with E-state index >= 15 is 0 Å². The number of nitrogens with two attached hydrogens (primary N) is 1. The zero-order chi connectivity index (χ0) is 10.6. The zero-order valence-corrected chi connectivity index (χ0v) is 9.83. The number of carbonyl (C=O) groups excluding carboxylic acids is 2. The molecular formula is C8H11IN2O3. The Bertz CT molecular complexity index is 322. The lowest BCUT2D eigenvalue weighted by Crippen LogP contribution is -2.72. The molecule has 0 unspecified atom stereocenters. The molecule has 3 N–H and O–H groups in total. The van der Waals surface area contributed by atoms with E-state index in [-0.39, 0.29) is 11.9 Å². The van der Waals surface area contributed by atoms with E-state index in [4.69, 9.17) is 10.5 Å². The molecule has 0 radical (unpaired) electrons. The molecule has 2 aliphatic heterocycles. The van der Waals surface area contributed by atoms with Crippen LogP contribution >= 0.6 is 22.6 Å². The molecule has 0 bridgehead atoms. The first kappa shape index (κ1) is 10.2. The lowest BCUT2D eigenvalue weighted by molar-refractivity contribution is -0.200. The monoisotopic (exact) mass is 310 g/mol. The molecule has 0 spiro atoms. The second-order valence-corrected chi connectivity index (χ2v) is 4.92. The Morgan fingerprint density at radius 1 is 1.64 bits per heavy atom. The van der Waals surface area contributed by atoms with Crippen LogP contribution in [0.3, 0.4) is 0 Å². The van der Waals surface area contributed by atoms with E-state index in [1.807, 2.05) is 0 Å². The van der Waals surface area contributed by atoms with Crippen LogP contribution < -0.4 is 11.1 Å². The highest BCUT2D eigenvalue weighted by Gasteiger charge is 2.72. The lowest BCUT2D eigenvalue weighted by atomic mass is 9.75. The van der Waals surface area contributed by atoms with Gasteiger partial charge in [0.2, 0.25) is 5.91 Å². The molecule has 0 saturated carbocycles.